The van der Waals surface area contributed by atoms with Gasteiger partial charge in [-0.05, 0) is 24.3 Å². The van der Waals surface area contributed by atoms with E-state index in [2.05, 4.69) is 0 Å². The van der Waals surface area contributed by atoms with Crippen LogP contribution >= 0.6 is 0 Å². The van der Waals surface area contributed by atoms with E-state index in [1.165, 1.54) is 6.07 Å². The van der Waals surface area contributed by atoms with Crippen molar-refractivity contribution in [1.29, 1.82) is 0 Å². The number of hydrogen-bond acceptors (Lipinski definition) is 2. The van der Waals surface area contributed by atoms with Gasteiger partial charge in [0.2, 0.25) is 0 Å². The highest BCUT2D eigenvalue weighted by molar-refractivity contribution is 7.85. The topological polar surface area (TPSA) is 54.4 Å². The monoisotopic (exact) mass is 246 g/mol. The molecule has 0 radical (unpaired) electrons. The van der Waals surface area contributed by atoms with Gasteiger partial charge in [0.25, 0.3) is 0 Å². The molecule has 4 heteroatoms. The van der Waals surface area contributed by atoms with Gasteiger partial charge >= 0.3 is 5.97 Å². The van der Waals surface area contributed by atoms with Crippen LogP contribution in [-0.4, -0.2) is 15.3 Å². The van der Waals surface area contributed by atoms with Gasteiger partial charge in [-0.15, -0.1) is 0 Å². The SMILES string of the molecule is O=C(O)c1ccccc1[S@](=O)c1ccccc1. The van der Waals surface area contributed by atoms with Gasteiger partial charge in [0.1, 0.15) is 0 Å². The fourth-order valence-electron chi connectivity index (χ4n) is 1.48. The summed E-state index contributed by atoms with van der Waals surface area (Å²) >= 11 is 0. The lowest BCUT2D eigenvalue weighted by atomic mass is 10.2. The summed E-state index contributed by atoms with van der Waals surface area (Å²) in [6.45, 7) is 0. The number of carbonyl (C=O) groups is 1. The Kier molecular flexibility index (Phi) is 3.35. The summed E-state index contributed by atoms with van der Waals surface area (Å²) in [5, 5.41) is 9.03. The molecule has 0 spiro atoms. The van der Waals surface area contributed by atoms with Crippen molar-refractivity contribution < 1.29 is 14.1 Å². The van der Waals surface area contributed by atoms with Gasteiger partial charge in [-0.25, -0.2) is 9.00 Å². The molecular weight excluding hydrogens is 236 g/mol. The van der Waals surface area contributed by atoms with Crippen LogP contribution in [0.5, 0.6) is 0 Å². The smallest absolute Gasteiger partial charge is 0.336 e. The average Bonchev–Trinajstić information content (AvgIpc) is 2.39. The van der Waals surface area contributed by atoms with Crippen molar-refractivity contribution >= 4 is 16.8 Å². The predicted octanol–water partition coefficient (Wildman–Crippen LogP) is 2.55. The first-order valence-corrected chi connectivity index (χ1v) is 6.14. The van der Waals surface area contributed by atoms with Crippen LogP contribution in [-0.2, 0) is 10.8 Å². The van der Waals surface area contributed by atoms with Crippen molar-refractivity contribution in [3.05, 3.63) is 60.2 Å². The van der Waals surface area contributed by atoms with E-state index in [0.717, 1.165) is 0 Å². The van der Waals surface area contributed by atoms with Crippen molar-refractivity contribution in [2.45, 2.75) is 9.79 Å². The highest BCUT2D eigenvalue weighted by atomic mass is 32.2. The van der Waals surface area contributed by atoms with Gasteiger partial charge in [0.15, 0.2) is 0 Å². The highest BCUT2D eigenvalue weighted by Crippen LogP contribution is 2.19. The van der Waals surface area contributed by atoms with Crippen LogP contribution in [0, 0.1) is 0 Å². The lowest BCUT2D eigenvalue weighted by Crippen LogP contribution is -2.04. The summed E-state index contributed by atoms with van der Waals surface area (Å²) < 4.78 is 12.2. The molecule has 3 nitrogen and oxygen atoms in total. The van der Waals surface area contributed by atoms with Gasteiger partial charge in [-0.2, -0.15) is 0 Å². The molecule has 2 aromatic rings. The lowest BCUT2D eigenvalue weighted by molar-refractivity contribution is 0.0693. The van der Waals surface area contributed by atoms with E-state index in [-0.39, 0.29) is 5.56 Å². The molecule has 0 aromatic heterocycles. The summed E-state index contributed by atoms with van der Waals surface area (Å²) in [7, 11) is -1.46. The Morgan fingerprint density at radius 2 is 1.53 bits per heavy atom. The normalized spacial score (nSPS) is 12.0. The van der Waals surface area contributed by atoms with Crippen molar-refractivity contribution in [1.82, 2.24) is 0 Å². The predicted molar refractivity (Wildman–Crippen MR) is 64.5 cm³/mol. The van der Waals surface area contributed by atoms with Gasteiger partial charge in [0, 0.05) is 4.90 Å². The molecule has 0 aliphatic carbocycles. The second kappa shape index (κ2) is 4.93. The summed E-state index contributed by atoms with van der Waals surface area (Å²) in [6, 6.07) is 15.1. The summed E-state index contributed by atoms with van der Waals surface area (Å²) in [5.41, 5.74) is 0.0784. The Balaban J connectivity index is 2.48. The van der Waals surface area contributed by atoms with Crippen molar-refractivity contribution in [2.24, 2.45) is 0 Å². The van der Waals surface area contributed by atoms with Crippen molar-refractivity contribution in [3.8, 4) is 0 Å². The number of aromatic carboxylic acids is 1. The summed E-state index contributed by atoms with van der Waals surface area (Å²) in [4.78, 5) is 11.9. The Labute approximate surface area is 101 Å². The molecule has 0 aliphatic heterocycles. The van der Waals surface area contributed by atoms with E-state index in [0.29, 0.717) is 9.79 Å². The minimum absolute atomic E-state index is 0.0784. The first-order chi connectivity index (χ1) is 8.20. The Hall–Kier alpha value is -1.94. The number of hydrogen-bond donors (Lipinski definition) is 1. The third-order valence-corrected chi connectivity index (χ3v) is 3.73. The maximum absolute atomic E-state index is 12.2. The van der Waals surface area contributed by atoms with E-state index >= 15 is 0 Å². The van der Waals surface area contributed by atoms with Crippen LogP contribution in [0.2, 0.25) is 0 Å². The quantitative estimate of drug-likeness (QED) is 0.905. The summed E-state index contributed by atoms with van der Waals surface area (Å²) in [5.74, 6) is -1.06. The van der Waals surface area contributed by atoms with E-state index in [9.17, 15) is 9.00 Å². The van der Waals surface area contributed by atoms with E-state index < -0.39 is 16.8 Å². The second-order valence-electron chi connectivity index (χ2n) is 3.38. The molecule has 86 valence electrons. The van der Waals surface area contributed by atoms with E-state index in [4.69, 9.17) is 5.11 Å². The molecule has 0 amide bonds. The van der Waals surface area contributed by atoms with E-state index in [1.54, 1.807) is 42.5 Å². The van der Waals surface area contributed by atoms with Crippen molar-refractivity contribution in [3.63, 3.8) is 0 Å². The van der Waals surface area contributed by atoms with Crippen LogP contribution < -0.4 is 0 Å². The molecule has 0 saturated heterocycles. The van der Waals surface area contributed by atoms with Gasteiger partial charge in [-0.1, -0.05) is 30.3 Å². The molecular formula is C13H10O3S. The van der Waals surface area contributed by atoms with Crippen LogP contribution in [0.25, 0.3) is 0 Å². The number of benzene rings is 2. The van der Waals surface area contributed by atoms with Gasteiger partial charge in [0.05, 0.1) is 21.3 Å². The average molecular weight is 246 g/mol. The molecule has 2 rings (SSSR count). The third-order valence-electron chi connectivity index (χ3n) is 2.27. The largest absolute Gasteiger partial charge is 0.478 e. The van der Waals surface area contributed by atoms with Gasteiger partial charge in [-0.3, -0.25) is 0 Å². The fourth-order valence-corrected chi connectivity index (χ4v) is 2.69. The van der Waals surface area contributed by atoms with Crippen LogP contribution in [0.1, 0.15) is 10.4 Å². The zero-order valence-corrected chi connectivity index (χ0v) is 9.68. The van der Waals surface area contributed by atoms with Gasteiger partial charge < -0.3 is 5.11 Å². The zero-order chi connectivity index (χ0) is 12.3. The highest BCUT2D eigenvalue weighted by Gasteiger charge is 2.15. The molecule has 0 aliphatic rings. The first kappa shape index (κ1) is 11.5. The molecule has 1 atom stereocenters. The number of rotatable bonds is 3. The zero-order valence-electron chi connectivity index (χ0n) is 8.87. The maximum atomic E-state index is 12.2. The minimum atomic E-state index is -1.46. The molecule has 17 heavy (non-hydrogen) atoms. The first-order valence-electron chi connectivity index (χ1n) is 4.99. The molecule has 0 saturated carbocycles. The third kappa shape index (κ3) is 2.42. The summed E-state index contributed by atoms with van der Waals surface area (Å²) in [6.07, 6.45) is 0. The number of carboxylic acid groups (broad SMARTS) is 1. The van der Waals surface area contributed by atoms with Crippen LogP contribution in [0.15, 0.2) is 64.4 Å². The molecule has 1 N–H and O–H groups in total. The van der Waals surface area contributed by atoms with Crippen LogP contribution in [0.4, 0.5) is 0 Å². The molecule has 0 bridgehead atoms. The molecule has 2 aromatic carbocycles. The minimum Gasteiger partial charge on any atom is -0.478 e. The lowest BCUT2D eigenvalue weighted by Gasteiger charge is -2.05. The van der Waals surface area contributed by atoms with E-state index in [1.807, 2.05) is 6.07 Å². The van der Waals surface area contributed by atoms with Crippen LogP contribution in [0.3, 0.4) is 0 Å². The Bertz CT molecular complexity index is 564. The number of carboxylic acids is 1. The maximum Gasteiger partial charge on any atom is 0.336 e. The van der Waals surface area contributed by atoms with Crippen molar-refractivity contribution in [2.75, 3.05) is 0 Å². The molecule has 0 unspecified atom stereocenters. The Morgan fingerprint density at radius 1 is 0.941 bits per heavy atom. The molecule has 0 heterocycles. The molecule has 0 fully saturated rings. The second-order valence-corrected chi connectivity index (χ2v) is 4.83. The fraction of sp³-hybridized carbons (Fsp3) is 0. The standard InChI is InChI=1S/C13H10O3S/c14-13(15)11-8-4-5-9-12(11)17(16)10-6-2-1-3-7-10/h1-9H,(H,14,15)/t17-/m1/s1. The Morgan fingerprint density at radius 3 is 2.18 bits per heavy atom.